The zero-order chi connectivity index (χ0) is 9.97. The van der Waals surface area contributed by atoms with Gasteiger partial charge < -0.3 is 9.52 Å². The van der Waals surface area contributed by atoms with Crippen molar-refractivity contribution in [3.63, 3.8) is 0 Å². The van der Waals surface area contributed by atoms with Gasteiger partial charge in [-0.25, -0.2) is 0 Å². The molecule has 0 saturated carbocycles. The molecule has 4 heteroatoms. The lowest BCUT2D eigenvalue weighted by Gasteiger charge is -2.06. The molecular formula is C10H9ClO2S. The first kappa shape index (κ1) is 9.77. The Morgan fingerprint density at radius 2 is 2.36 bits per heavy atom. The van der Waals surface area contributed by atoms with E-state index < -0.39 is 6.10 Å². The fourth-order valence-corrected chi connectivity index (χ4v) is 2.44. The van der Waals surface area contributed by atoms with Crippen molar-refractivity contribution < 1.29 is 9.52 Å². The van der Waals surface area contributed by atoms with E-state index in [2.05, 4.69) is 0 Å². The second-order valence-corrected chi connectivity index (χ2v) is 4.34. The lowest BCUT2D eigenvalue weighted by molar-refractivity contribution is 0.182. The van der Waals surface area contributed by atoms with Crippen LogP contribution in [0.5, 0.6) is 0 Å². The molecule has 2 aromatic heterocycles. The van der Waals surface area contributed by atoms with Crippen molar-refractivity contribution in [3.8, 4) is 0 Å². The number of halogens is 1. The highest BCUT2D eigenvalue weighted by atomic mass is 35.5. The summed E-state index contributed by atoms with van der Waals surface area (Å²) in [5.74, 6) is 0. The van der Waals surface area contributed by atoms with E-state index in [0.717, 1.165) is 10.4 Å². The Balaban J connectivity index is 2.10. The minimum atomic E-state index is -0.542. The van der Waals surface area contributed by atoms with Gasteiger partial charge in [-0.2, -0.15) is 0 Å². The number of aliphatic hydroxyl groups excluding tert-OH is 1. The molecule has 0 bridgehead atoms. The summed E-state index contributed by atoms with van der Waals surface area (Å²) in [6.45, 7) is 0. The molecule has 2 heterocycles. The van der Waals surface area contributed by atoms with Crippen LogP contribution in [0, 0.1) is 0 Å². The van der Waals surface area contributed by atoms with Crippen molar-refractivity contribution in [2.75, 3.05) is 0 Å². The molecule has 1 N–H and O–H groups in total. The van der Waals surface area contributed by atoms with Crippen molar-refractivity contribution in [2.24, 2.45) is 0 Å². The van der Waals surface area contributed by atoms with Crippen LogP contribution in [-0.2, 0) is 6.42 Å². The van der Waals surface area contributed by atoms with Gasteiger partial charge in [-0.3, -0.25) is 0 Å². The van der Waals surface area contributed by atoms with E-state index in [1.165, 1.54) is 11.3 Å². The maximum absolute atomic E-state index is 9.85. The molecule has 2 nitrogen and oxygen atoms in total. The summed E-state index contributed by atoms with van der Waals surface area (Å²) in [4.78, 5) is 0.813. The monoisotopic (exact) mass is 228 g/mol. The lowest BCUT2D eigenvalue weighted by Crippen LogP contribution is -1.98. The number of hydrogen-bond acceptors (Lipinski definition) is 3. The van der Waals surface area contributed by atoms with Crippen LogP contribution >= 0.6 is 22.9 Å². The van der Waals surface area contributed by atoms with E-state index in [1.807, 2.05) is 11.4 Å². The first-order valence-corrected chi connectivity index (χ1v) is 5.45. The Morgan fingerprint density at radius 1 is 1.50 bits per heavy atom. The van der Waals surface area contributed by atoms with Crippen molar-refractivity contribution in [1.29, 1.82) is 0 Å². The van der Waals surface area contributed by atoms with Crippen molar-refractivity contribution in [3.05, 3.63) is 45.5 Å². The third-order valence-corrected chi connectivity index (χ3v) is 3.42. The summed E-state index contributed by atoms with van der Waals surface area (Å²) in [6, 6.07) is 3.63. The third-order valence-electron chi connectivity index (χ3n) is 1.96. The predicted octanol–water partition coefficient (Wildman–Crippen LogP) is 3.27. The van der Waals surface area contributed by atoms with Gasteiger partial charge in [0.15, 0.2) is 0 Å². The van der Waals surface area contributed by atoms with Gasteiger partial charge in [-0.1, -0.05) is 11.6 Å². The first-order valence-electron chi connectivity index (χ1n) is 4.19. The molecular weight excluding hydrogens is 220 g/mol. The molecule has 0 saturated heterocycles. The molecule has 0 amide bonds. The van der Waals surface area contributed by atoms with Gasteiger partial charge in [0.1, 0.15) is 0 Å². The van der Waals surface area contributed by atoms with Crippen LogP contribution in [0.2, 0.25) is 5.02 Å². The average molecular weight is 229 g/mol. The summed E-state index contributed by atoms with van der Waals surface area (Å²) in [7, 11) is 0. The fourth-order valence-electron chi connectivity index (χ4n) is 1.27. The molecule has 2 aromatic rings. The van der Waals surface area contributed by atoms with Crippen molar-refractivity contribution in [2.45, 2.75) is 12.5 Å². The summed E-state index contributed by atoms with van der Waals surface area (Å²) in [5, 5.41) is 12.3. The van der Waals surface area contributed by atoms with Gasteiger partial charge in [0, 0.05) is 6.42 Å². The molecule has 0 aliphatic carbocycles. The van der Waals surface area contributed by atoms with E-state index in [9.17, 15) is 5.11 Å². The van der Waals surface area contributed by atoms with Gasteiger partial charge in [-0.15, -0.1) is 11.3 Å². The highest BCUT2D eigenvalue weighted by molar-refractivity contribution is 7.10. The fraction of sp³-hybridized carbons (Fsp3) is 0.200. The Labute approximate surface area is 90.8 Å². The quantitative estimate of drug-likeness (QED) is 0.875. The second-order valence-electron chi connectivity index (χ2n) is 2.98. The normalized spacial score (nSPS) is 13.0. The molecule has 0 spiro atoms. The van der Waals surface area contributed by atoms with Crippen molar-refractivity contribution in [1.82, 2.24) is 0 Å². The summed E-state index contributed by atoms with van der Waals surface area (Å²) < 4.78 is 4.92. The Bertz CT molecular complexity index is 394. The molecule has 0 aromatic carbocycles. The van der Waals surface area contributed by atoms with E-state index in [4.69, 9.17) is 16.0 Å². The molecule has 74 valence electrons. The maximum Gasteiger partial charge on any atom is 0.0938 e. The minimum absolute atomic E-state index is 0.538. The number of thiophene rings is 1. The van der Waals surface area contributed by atoms with Crippen LogP contribution in [0.1, 0.15) is 16.5 Å². The Hall–Kier alpha value is -0.770. The average Bonchev–Trinajstić information content (AvgIpc) is 2.75. The highest BCUT2D eigenvalue weighted by Gasteiger charge is 2.13. The zero-order valence-electron chi connectivity index (χ0n) is 7.31. The molecule has 0 radical (unpaired) electrons. The van der Waals surface area contributed by atoms with Gasteiger partial charge in [0.25, 0.3) is 0 Å². The minimum Gasteiger partial charge on any atom is -0.472 e. The van der Waals surface area contributed by atoms with Gasteiger partial charge in [0.05, 0.1) is 28.5 Å². The van der Waals surface area contributed by atoms with Gasteiger partial charge in [0.2, 0.25) is 0 Å². The van der Waals surface area contributed by atoms with Crippen molar-refractivity contribution >= 4 is 22.9 Å². The number of furan rings is 1. The highest BCUT2D eigenvalue weighted by Crippen LogP contribution is 2.30. The SMILES string of the molecule is OC(Cc1ccoc1)c1sccc1Cl. The topological polar surface area (TPSA) is 33.4 Å². The summed E-state index contributed by atoms with van der Waals surface area (Å²) >= 11 is 7.37. The Kier molecular flexibility index (Phi) is 2.91. The van der Waals surface area contributed by atoms with Crippen LogP contribution in [0.25, 0.3) is 0 Å². The van der Waals surface area contributed by atoms with E-state index in [0.29, 0.717) is 11.4 Å². The summed E-state index contributed by atoms with van der Waals surface area (Å²) in [6.07, 6.45) is 3.22. The van der Waals surface area contributed by atoms with Crippen LogP contribution in [0.15, 0.2) is 34.5 Å². The van der Waals surface area contributed by atoms with E-state index >= 15 is 0 Å². The van der Waals surface area contributed by atoms with E-state index in [1.54, 1.807) is 18.6 Å². The van der Waals surface area contributed by atoms with Gasteiger partial charge in [-0.05, 0) is 23.1 Å². The van der Waals surface area contributed by atoms with Crippen LogP contribution in [-0.4, -0.2) is 5.11 Å². The summed E-state index contributed by atoms with van der Waals surface area (Å²) in [5.41, 5.74) is 0.974. The predicted molar refractivity (Wildman–Crippen MR) is 56.7 cm³/mol. The molecule has 2 rings (SSSR count). The first-order chi connectivity index (χ1) is 6.77. The number of aliphatic hydroxyl groups is 1. The van der Waals surface area contributed by atoms with Crippen LogP contribution in [0.4, 0.5) is 0 Å². The Morgan fingerprint density at radius 3 is 2.93 bits per heavy atom. The molecule has 1 unspecified atom stereocenters. The smallest absolute Gasteiger partial charge is 0.0938 e. The second kappa shape index (κ2) is 4.17. The number of hydrogen-bond donors (Lipinski definition) is 1. The largest absolute Gasteiger partial charge is 0.472 e. The number of rotatable bonds is 3. The lowest BCUT2D eigenvalue weighted by atomic mass is 10.1. The molecule has 1 atom stereocenters. The molecule has 0 fully saturated rings. The standard InChI is InChI=1S/C10H9ClO2S/c11-8-2-4-14-10(8)9(12)5-7-1-3-13-6-7/h1-4,6,9,12H,5H2. The maximum atomic E-state index is 9.85. The van der Waals surface area contributed by atoms with Crippen LogP contribution < -0.4 is 0 Å². The zero-order valence-corrected chi connectivity index (χ0v) is 8.89. The molecule has 14 heavy (non-hydrogen) atoms. The van der Waals surface area contributed by atoms with Gasteiger partial charge >= 0.3 is 0 Å². The van der Waals surface area contributed by atoms with E-state index in [-0.39, 0.29) is 0 Å². The molecule has 0 aliphatic rings. The van der Waals surface area contributed by atoms with Crippen LogP contribution in [0.3, 0.4) is 0 Å². The molecule has 0 aliphatic heterocycles. The third kappa shape index (κ3) is 2.00.